The summed E-state index contributed by atoms with van der Waals surface area (Å²) in [7, 11) is 0. The number of ether oxygens (including phenoxy) is 1. The summed E-state index contributed by atoms with van der Waals surface area (Å²) in [6, 6.07) is 13.1. The van der Waals surface area contributed by atoms with Crippen LogP contribution < -0.4 is 0 Å². The molecule has 6 rings (SSSR count). The number of rotatable bonds is 5. The average molecular weight is 593 g/mol. The minimum atomic E-state index is 0.0872. The summed E-state index contributed by atoms with van der Waals surface area (Å²) in [6.45, 7) is 12.2. The largest absolute Gasteiger partial charge is 0.376 e. The SMILES string of the molecule is CCOC1Cc2cc(Br)ccc2[C@H]1N1CCN(C2(C)CCN(C(=O)c3ccnc4ncccc34)CC2)CC1C. The first-order valence-electron chi connectivity index (χ1n) is 14.3. The molecule has 0 radical (unpaired) electrons. The minimum absolute atomic E-state index is 0.0872. The van der Waals surface area contributed by atoms with E-state index in [4.69, 9.17) is 4.74 Å². The number of benzene rings is 1. The molecule has 8 heteroatoms. The zero-order valence-electron chi connectivity index (χ0n) is 23.1. The summed E-state index contributed by atoms with van der Waals surface area (Å²) in [5, 5.41) is 0.828. The van der Waals surface area contributed by atoms with Crippen LogP contribution in [0.2, 0.25) is 0 Å². The fourth-order valence-electron chi connectivity index (χ4n) is 7.05. The maximum absolute atomic E-state index is 13.5. The van der Waals surface area contributed by atoms with Crippen molar-refractivity contribution in [2.24, 2.45) is 0 Å². The van der Waals surface area contributed by atoms with Crippen LogP contribution in [0, 0.1) is 0 Å². The molecular formula is C31H38BrN5O2. The number of nitrogens with zero attached hydrogens (tertiary/aromatic N) is 5. The highest BCUT2D eigenvalue weighted by molar-refractivity contribution is 9.10. The molecule has 2 aromatic heterocycles. The predicted octanol–water partition coefficient (Wildman–Crippen LogP) is 5.10. The normalized spacial score (nSPS) is 25.6. The molecule has 2 fully saturated rings. The van der Waals surface area contributed by atoms with Gasteiger partial charge in [-0.2, -0.15) is 0 Å². The van der Waals surface area contributed by atoms with Gasteiger partial charge in [-0.3, -0.25) is 14.6 Å². The smallest absolute Gasteiger partial charge is 0.254 e. The summed E-state index contributed by atoms with van der Waals surface area (Å²) in [4.78, 5) is 29.5. The van der Waals surface area contributed by atoms with Crippen molar-refractivity contribution in [1.29, 1.82) is 0 Å². The van der Waals surface area contributed by atoms with Crippen molar-refractivity contribution >= 4 is 32.9 Å². The number of fused-ring (bicyclic) bond motifs is 2. The van der Waals surface area contributed by atoms with Crippen LogP contribution in [0.15, 0.2) is 53.3 Å². The summed E-state index contributed by atoms with van der Waals surface area (Å²) >= 11 is 3.66. The van der Waals surface area contributed by atoms with Crippen LogP contribution >= 0.6 is 15.9 Å². The Hall–Kier alpha value is -2.39. The van der Waals surface area contributed by atoms with E-state index in [9.17, 15) is 4.79 Å². The van der Waals surface area contributed by atoms with E-state index < -0.39 is 0 Å². The lowest BCUT2D eigenvalue weighted by molar-refractivity contribution is -0.0630. The molecule has 3 aliphatic rings. The molecule has 2 aliphatic heterocycles. The van der Waals surface area contributed by atoms with Gasteiger partial charge in [0.05, 0.1) is 17.7 Å². The lowest BCUT2D eigenvalue weighted by Gasteiger charge is -2.53. The molecule has 206 valence electrons. The van der Waals surface area contributed by atoms with Crippen LogP contribution in [0.25, 0.3) is 11.0 Å². The zero-order chi connectivity index (χ0) is 27.1. The van der Waals surface area contributed by atoms with Crippen molar-refractivity contribution in [2.45, 2.75) is 63.8 Å². The van der Waals surface area contributed by atoms with Crippen molar-refractivity contribution in [2.75, 3.05) is 39.3 Å². The maximum atomic E-state index is 13.5. The molecule has 3 atom stereocenters. The zero-order valence-corrected chi connectivity index (χ0v) is 24.7. The highest BCUT2D eigenvalue weighted by Crippen LogP contribution is 2.42. The molecule has 1 aliphatic carbocycles. The highest BCUT2D eigenvalue weighted by Gasteiger charge is 2.44. The number of halogens is 1. The highest BCUT2D eigenvalue weighted by atomic mass is 79.9. The van der Waals surface area contributed by atoms with Crippen molar-refractivity contribution in [1.82, 2.24) is 24.7 Å². The van der Waals surface area contributed by atoms with Crippen LogP contribution in [-0.2, 0) is 11.2 Å². The van der Waals surface area contributed by atoms with Gasteiger partial charge in [-0.05, 0) is 75.1 Å². The maximum Gasteiger partial charge on any atom is 0.254 e. The number of aromatic nitrogens is 2. The van der Waals surface area contributed by atoms with Gasteiger partial charge in [-0.25, -0.2) is 9.97 Å². The van der Waals surface area contributed by atoms with Gasteiger partial charge in [0.15, 0.2) is 5.65 Å². The Labute approximate surface area is 239 Å². The van der Waals surface area contributed by atoms with Gasteiger partial charge in [-0.1, -0.05) is 22.0 Å². The second kappa shape index (κ2) is 10.9. The van der Waals surface area contributed by atoms with E-state index >= 15 is 0 Å². The van der Waals surface area contributed by atoms with Gasteiger partial charge >= 0.3 is 0 Å². The van der Waals surface area contributed by atoms with E-state index in [0.29, 0.717) is 23.3 Å². The molecule has 3 aromatic rings. The minimum Gasteiger partial charge on any atom is -0.376 e. The number of carbonyl (C=O) groups excluding carboxylic acids is 1. The number of hydrogen-bond acceptors (Lipinski definition) is 6. The van der Waals surface area contributed by atoms with Gasteiger partial charge in [0.1, 0.15) is 0 Å². The molecule has 7 nitrogen and oxygen atoms in total. The fraction of sp³-hybridized carbons (Fsp3) is 0.516. The molecule has 0 bridgehead atoms. The molecule has 1 amide bonds. The molecule has 0 spiro atoms. The first-order chi connectivity index (χ1) is 18.9. The standard InChI is InChI=1S/C31H38BrN5O2/c1-4-39-27-19-22-18-23(32)7-8-24(22)28(27)37-17-16-36(20-21(37)2)31(3)10-14-35(15-11-31)30(38)26-9-13-34-29-25(26)6-5-12-33-29/h5-9,12-13,18,21,27-28H,4,10-11,14-17,19-20H2,1-3H3/t21?,27?,28-/m1/s1. The summed E-state index contributed by atoms with van der Waals surface area (Å²) in [6.07, 6.45) is 6.55. The first-order valence-corrected chi connectivity index (χ1v) is 15.1. The molecule has 2 unspecified atom stereocenters. The van der Waals surface area contributed by atoms with E-state index in [2.05, 4.69) is 74.7 Å². The lowest BCUT2D eigenvalue weighted by atomic mass is 9.86. The van der Waals surface area contributed by atoms with Gasteiger partial charge in [0.25, 0.3) is 5.91 Å². The molecular weight excluding hydrogens is 554 g/mol. The van der Waals surface area contributed by atoms with Crippen molar-refractivity contribution in [3.05, 3.63) is 70.0 Å². The number of piperazine rings is 1. The Bertz CT molecular complexity index is 1350. The number of carbonyl (C=O) groups is 1. The number of hydrogen-bond donors (Lipinski definition) is 0. The number of amides is 1. The van der Waals surface area contributed by atoms with E-state index in [1.165, 1.54) is 11.1 Å². The van der Waals surface area contributed by atoms with E-state index in [1.54, 1.807) is 12.4 Å². The van der Waals surface area contributed by atoms with Gasteiger partial charge in [-0.15, -0.1) is 0 Å². The monoisotopic (exact) mass is 591 g/mol. The Morgan fingerprint density at radius 3 is 2.67 bits per heavy atom. The third kappa shape index (κ3) is 5.01. The molecule has 2 saturated heterocycles. The molecule has 0 N–H and O–H groups in total. The topological polar surface area (TPSA) is 61.8 Å². The summed E-state index contributed by atoms with van der Waals surface area (Å²) < 4.78 is 7.42. The van der Waals surface area contributed by atoms with Crippen LogP contribution in [0.5, 0.6) is 0 Å². The second-order valence-electron chi connectivity index (χ2n) is 11.5. The Morgan fingerprint density at radius 1 is 1.10 bits per heavy atom. The van der Waals surface area contributed by atoms with Crippen molar-refractivity contribution in [3.63, 3.8) is 0 Å². The summed E-state index contributed by atoms with van der Waals surface area (Å²) in [5.41, 5.74) is 4.25. The Morgan fingerprint density at radius 2 is 1.90 bits per heavy atom. The molecule has 39 heavy (non-hydrogen) atoms. The Kier molecular flexibility index (Phi) is 7.48. The van der Waals surface area contributed by atoms with Gasteiger partial charge in [0, 0.05) is 79.6 Å². The Balaban J connectivity index is 1.12. The number of piperidine rings is 1. The second-order valence-corrected chi connectivity index (χ2v) is 12.5. The fourth-order valence-corrected chi connectivity index (χ4v) is 7.46. The third-order valence-electron chi connectivity index (χ3n) is 9.25. The number of likely N-dealkylation sites (tertiary alicyclic amines) is 1. The van der Waals surface area contributed by atoms with Gasteiger partial charge < -0.3 is 9.64 Å². The van der Waals surface area contributed by atoms with Crippen molar-refractivity contribution in [3.8, 4) is 0 Å². The van der Waals surface area contributed by atoms with Gasteiger partial charge in [0.2, 0.25) is 0 Å². The van der Waals surface area contributed by atoms with E-state index in [0.717, 1.165) is 68.5 Å². The van der Waals surface area contributed by atoms with Crippen LogP contribution in [0.4, 0.5) is 0 Å². The molecule has 0 saturated carbocycles. The van der Waals surface area contributed by atoms with Crippen molar-refractivity contribution < 1.29 is 9.53 Å². The molecule has 4 heterocycles. The quantitative estimate of drug-likeness (QED) is 0.411. The van der Waals surface area contributed by atoms with Crippen LogP contribution in [-0.4, -0.2) is 87.6 Å². The van der Waals surface area contributed by atoms with E-state index in [1.807, 2.05) is 23.1 Å². The average Bonchev–Trinajstić information content (AvgIpc) is 3.29. The van der Waals surface area contributed by atoms with Crippen LogP contribution in [0.1, 0.15) is 61.1 Å². The molecule has 1 aromatic carbocycles. The van der Waals surface area contributed by atoms with Crippen LogP contribution in [0.3, 0.4) is 0 Å². The number of pyridine rings is 2. The third-order valence-corrected chi connectivity index (χ3v) is 9.74. The lowest BCUT2D eigenvalue weighted by Crippen LogP contribution is -2.62. The summed E-state index contributed by atoms with van der Waals surface area (Å²) in [5.74, 6) is 0.0872. The first kappa shape index (κ1) is 26.8. The van der Waals surface area contributed by atoms with E-state index in [-0.39, 0.29) is 17.6 Å². The predicted molar refractivity (Wildman–Crippen MR) is 157 cm³/mol.